The normalized spacial score (nSPS) is 11.1. The predicted molar refractivity (Wildman–Crippen MR) is 111 cm³/mol. The SMILES string of the molecule is Cc1cccc(N(CCCC(=O)Nc2ccccc2C(N)=O)S(C)(=O)=O)c1C. The summed E-state index contributed by atoms with van der Waals surface area (Å²) < 4.78 is 25.8. The molecule has 0 unspecified atom stereocenters. The van der Waals surface area contributed by atoms with Gasteiger partial charge in [-0.15, -0.1) is 0 Å². The summed E-state index contributed by atoms with van der Waals surface area (Å²) in [7, 11) is -3.49. The lowest BCUT2D eigenvalue weighted by Crippen LogP contribution is -2.32. The molecule has 2 aromatic rings. The second kappa shape index (κ2) is 8.88. The molecular formula is C20H25N3O4S. The van der Waals surface area contributed by atoms with Gasteiger partial charge in [0.15, 0.2) is 0 Å². The summed E-state index contributed by atoms with van der Waals surface area (Å²) in [6.07, 6.45) is 1.58. The standard InChI is InChI=1S/C20H25N3O4S/c1-14-8-6-11-18(15(14)2)23(28(3,26)27)13-7-12-19(24)22-17-10-5-4-9-16(17)20(21)25/h4-6,8-11H,7,12-13H2,1-3H3,(H2,21,25)(H,22,24). The minimum atomic E-state index is -3.49. The largest absolute Gasteiger partial charge is 0.366 e. The van der Waals surface area contributed by atoms with E-state index in [2.05, 4.69) is 5.32 Å². The van der Waals surface area contributed by atoms with Crippen molar-refractivity contribution in [2.24, 2.45) is 5.73 Å². The van der Waals surface area contributed by atoms with E-state index >= 15 is 0 Å². The van der Waals surface area contributed by atoms with Gasteiger partial charge in [-0.05, 0) is 49.6 Å². The molecule has 0 radical (unpaired) electrons. The van der Waals surface area contributed by atoms with E-state index in [9.17, 15) is 18.0 Å². The first kappa shape index (κ1) is 21.4. The molecule has 2 rings (SSSR count). The molecule has 0 aromatic heterocycles. The number of sulfonamides is 1. The van der Waals surface area contributed by atoms with Crippen LogP contribution >= 0.6 is 0 Å². The Balaban J connectivity index is 2.06. The van der Waals surface area contributed by atoms with E-state index in [1.165, 1.54) is 10.4 Å². The Bertz CT molecular complexity index is 987. The van der Waals surface area contributed by atoms with Crippen LogP contribution in [0.1, 0.15) is 34.3 Å². The summed E-state index contributed by atoms with van der Waals surface area (Å²) in [5.74, 6) is -0.947. The highest BCUT2D eigenvalue weighted by atomic mass is 32.2. The summed E-state index contributed by atoms with van der Waals surface area (Å²) in [6.45, 7) is 3.97. The molecule has 3 N–H and O–H groups in total. The van der Waals surface area contributed by atoms with E-state index in [0.717, 1.165) is 17.4 Å². The van der Waals surface area contributed by atoms with Crippen LogP contribution in [-0.2, 0) is 14.8 Å². The number of aryl methyl sites for hydroxylation is 1. The Morgan fingerprint density at radius 1 is 1.07 bits per heavy atom. The molecule has 0 atom stereocenters. The first-order valence-corrected chi connectivity index (χ1v) is 10.7. The van der Waals surface area contributed by atoms with Crippen LogP contribution in [0, 0.1) is 13.8 Å². The van der Waals surface area contributed by atoms with E-state index in [4.69, 9.17) is 5.73 Å². The van der Waals surface area contributed by atoms with E-state index in [-0.39, 0.29) is 24.4 Å². The lowest BCUT2D eigenvalue weighted by Gasteiger charge is -2.25. The molecule has 8 heteroatoms. The maximum atomic E-state index is 12.3. The number of benzene rings is 2. The zero-order valence-corrected chi connectivity index (χ0v) is 17.0. The van der Waals surface area contributed by atoms with Crippen LogP contribution in [0.5, 0.6) is 0 Å². The highest BCUT2D eigenvalue weighted by Gasteiger charge is 2.20. The zero-order valence-electron chi connectivity index (χ0n) is 16.2. The van der Waals surface area contributed by atoms with Crippen LogP contribution in [0.15, 0.2) is 42.5 Å². The molecule has 0 saturated heterocycles. The van der Waals surface area contributed by atoms with Crippen molar-refractivity contribution in [2.75, 3.05) is 22.4 Å². The van der Waals surface area contributed by atoms with Crippen LogP contribution in [-0.4, -0.2) is 33.0 Å². The summed E-state index contributed by atoms with van der Waals surface area (Å²) in [5.41, 5.74) is 8.36. The fourth-order valence-electron chi connectivity index (χ4n) is 2.87. The van der Waals surface area contributed by atoms with Gasteiger partial charge in [0.2, 0.25) is 15.9 Å². The number of carbonyl (C=O) groups excluding carboxylic acids is 2. The Morgan fingerprint density at radius 3 is 2.39 bits per heavy atom. The number of hydrogen-bond donors (Lipinski definition) is 2. The van der Waals surface area contributed by atoms with Crippen molar-refractivity contribution >= 4 is 33.2 Å². The van der Waals surface area contributed by atoms with E-state index < -0.39 is 15.9 Å². The second-order valence-corrected chi connectivity index (χ2v) is 8.52. The topological polar surface area (TPSA) is 110 Å². The fraction of sp³-hybridized carbons (Fsp3) is 0.300. The number of amides is 2. The van der Waals surface area contributed by atoms with Gasteiger partial charge < -0.3 is 11.1 Å². The molecule has 7 nitrogen and oxygen atoms in total. The summed E-state index contributed by atoms with van der Waals surface area (Å²) >= 11 is 0. The van der Waals surface area contributed by atoms with Gasteiger partial charge in [0.25, 0.3) is 5.91 Å². The van der Waals surface area contributed by atoms with Crippen molar-refractivity contribution in [3.8, 4) is 0 Å². The van der Waals surface area contributed by atoms with Crippen molar-refractivity contribution in [3.05, 3.63) is 59.2 Å². The number of hydrogen-bond acceptors (Lipinski definition) is 4. The van der Waals surface area contributed by atoms with Crippen molar-refractivity contribution in [1.82, 2.24) is 0 Å². The van der Waals surface area contributed by atoms with Crippen molar-refractivity contribution in [3.63, 3.8) is 0 Å². The summed E-state index contributed by atoms with van der Waals surface area (Å²) in [6, 6.07) is 12.0. The molecule has 2 aromatic carbocycles. The number of carbonyl (C=O) groups is 2. The molecule has 0 aliphatic heterocycles. The average molecular weight is 404 g/mol. The lowest BCUT2D eigenvalue weighted by atomic mass is 10.1. The predicted octanol–water partition coefficient (Wildman–Crippen LogP) is 2.59. The first-order chi connectivity index (χ1) is 13.1. The molecule has 0 aliphatic carbocycles. The Morgan fingerprint density at radius 2 is 1.75 bits per heavy atom. The van der Waals surface area contributed by atoms with Crippen molar-refractivity contribution in [2.45, 2.75) is 26.7 Å². The quantitative estimate of drug-likeness (QED) is 0.706. The molecule has 0 bridgehead atoms. The Kier molecular flexibility index (Phi) is 6.80. The maximum absolute atomic E-state index is 12.3. The highest BCUT2D eigenvalue weighted by Crippen LogP contribution is 2.25. The van der Waals surface area contributed by atoms with Gasteiger partial charge in [-0.3, -0.25) is 13.9 Å². The number of rotatable bonds is 8. The average Bonchev–Trinajstić information content (AvgIpc) is 2.61. The second-order valence-electron chi connectivity index (χ2n) is 6.62. The molecular weight excluding hydrogens is 378 g/mol. The van der Waals surface area contributed by atoms with Gasteiger partial charge in [0, 0.05) is 13.0 Å². The summed E-state index contributed by atoms with van der Waals surface area (Å²) in [5, 5.41) is 2.66. The van der Waals surface area contributed by atoms with Crippen LogP contribution in [0.3, 0.4) is 0 Å². The van der Waals surface area contributed by atoms with Gasteiger partial charge >= 0.3 is 0 Å². The Labute approximate surface area is 165 Å². The Hall–Kier alpha value is -2.87. The molecule has 0 spiro atoms. The van der Waals surface area contributed by atoms with Gasteiger partial charge in [0.05, 0.1) is 23.2 Å². The molecule has 28 heavy (non-hydrogen) atoms. The number of anilines is 2. The number of para-hydroxylation sites is 1. The van der Waals surface area contributed by atoms with Gasteiger partial charge in [-0.25, -0.2) is 8.42 Å². The third-order valence-corrected chi connectivity index (χ3v) is 5.66. The van der Waals surface area contributed by atoms with Crippen LogP contribution in [0.4, 0.5) is 11.4 Å². The van der Waals surface area contributed by atoms with Gasteiger partial charge in [-0.2, -0.15) is 0 Å². The van der Waals surface area contributed by atoms with Gasteiger partial charge in [0.1, 0.15) is 0 Å². The number of nitrogens with zero attached hydrogens (tertiary/aromatic N) is 1. The molecule has 0 fully saturated rings. The summed E-state index contributed by atoms with van der Waals surface area (Å²) in [4.78, 5) is 23.7. The van der Waals surface area contributed by atoms with E-state index in [1.54, 1.807) is 24.3 Å². The molecule has 0 aliphatic rings. The fourth-order valence-corrected chi connectivity index (χ4v) is 3.89. The minimum absolute atomic E-state index is 0.101. The number of nitrogens with two attached hydrogens (primary N) is 1. The van der Waals surface area contributed by atoms with Crippen LogP contribution in [0.25, 0.3) is 0 Å². The minimum Gasteiger partial charge on any atom is -0.366 e. The lowest BCUT2D eigenvalue weighted by molar-refractivity contribution is -0.116. The maximum Gasteiger partial charge on any atom is 0.250 e. The van der Waals surface area contributed by atoms with Crippen LogP contribution in [0.2, 0.25) is 0 Å². The number of primary amides is 1. The smallest absolute Gasteiger partial charge is 0.250 e. The van der Waals surface area contributed by atoms with Crippen LogP contribution < -0.4 is 15.4 Å². The van der Waals surface area contributed by atoms with E-state index in [0.29, 0.717) is 17.8 Å². The highest BCUT2D eigenvalue weighted by molar-refractivity contribution is 7.92. The molecule has 2 amide bonds. The zero-order chi connectivity index (χ0) is 20.9. The van der Waals surface area contributed by atoms with Gasteiger partial charge in [-0.1, -0.05) is 24.3 Å². The number of nitrogens with one attached hydrogen (secondary N) is 1. The van der Waals surface area contributed by atoms with Crippen molar-refractivity contribution < 1.29 is 18.0 Å². The molecule has 0 saturated carbocycles. The molecule has 150 valence electrons. The van der Waals surface area contributed by atoms with E-state index in [1.807, 2.05) is 26.0 Å². The third kappa shape index (κ3) is 5.32. The molecule has 0 heterocycles. The third-order valence-electron chi connectivity index (χ3n) is 4.48. The van der Waals surface area contributed by atoms with Crippen molar-refractivity contribution in [1.29, 1.82) is 0 Å². The first-order valence-electron chi connectivity index (χ1n) is 8.84. The monoisotopic (exact) mass is 403 g/mol.